The van der Waals surface area contributed by atoms with Gasteiger partial charge in [-0.3, -0.25) is 19.2 Å². The van der Waals surface area contributed by atoms with Crippen LogP contribution < -0.4 is 11.2 Å². The number of rotatable bonds is 3. The van der Waals surface area contributed by atoms with Crippen LogP contribution in [-0.4, -0.2) is 58.1 Å². The van der Waals surface area contributed by atoms with Gasteiger partial charge in [0.2, 0.25) is 0 Å². The Balaban J connectivity index is 1.59. The number of aromatic amines is 1. The number of hydrogen-bond acceptors (Lipinski definition) is 6. The standard InChI is InChI=1S/C13H18N4O3S/c1-16-12(18)9-8-10(14-11(9)15-13(16)19)21-7-4-17-2-5-20-6-3-17/h2-8H2,1H3,(H,15,19). The Morgan fingerprint density at radius 2 is 2.10 bits per heavy atom. The summed E-state index contributed by atoms with van der Waals surface area (Å²) >= 11 is 1.65. The van der Waals surface area contributed by atoms with Gasteiger partial charge in [-0.15, -0.1) is 11.8 Å². The Labute approximate surface area is 126 Å². The van der Waals surface area contributed by atoms with Crippen LogP contribution in [0.2, 0.25) is 0 Å². The fourth-order valence-electron chi connectivity index (χ4n) is 2.43. The van der Waals surface area contributed by atoms with E-state index in [1.54, 1.807) is 11.8 Å². The summed E-state index contributed by atoms with van der Waals surface area (Å²) in [5.74, 6) is 1.36. The van der Waals surface area contributed by atoms with E-state index in [1.807, 2.05) is 0 Å². The normalized spacial score (nSPS) is 18.6. The number of aromatic nitrogens is 2. The third kappa shape index (κ3) is 3.12. The van der Waals surface area contributed by atoms with Gasteiger partial charge < -0.3 is 4.74 Å². The number of H-pyrrole nitrogens is 1. The summed E-state index contributed by atoms with van der Waals surface area (Å²) in [4.78, 5) is 32.9. The molecule has 1 fully saturated rings. The third-order valence-electron chi connectivity index (χ3n) is 3.72. The molecule has 0 aromatic carbocycles. The highest BCUT2D eigenvalue weighted by atomic mass is 32.2. The van der Waals surface area contributed by atoms with Gasteiger partial charge >= 0.3 is 5.69 Å². The van der Waals surface area contributed by atoms with Crippen LogP contribution in [0.15, 0.2) is 14.6 Å². The van der Waals surface area contributed by atoms with E-state index < -0.39 is 5.69 Å². The van der Waals surface area contributed by atoms with Crippen LogP contribution in [0.3, 0.4) is 0 Å². The fraction of sp³-hybridized carbons (Fsp3) is 0.615. The number of hydrogen-bond donors (Lipinski definition) is 1. The SMILES string of the molecule is Cn1c(=O)[nH]c2c(c1=O)CC(SCCN1CCOCC1)=N2. The fourth-order valence-corrected chi connectivity index (χ4v) is 3.41. The van der Waals surface area contributed by atoms with E-state index in [1.165, 1.54) is 7.05 Å². The maximum atomic E-state index is 12.0. The maximum absolute atomic E-state index is 12.0. The average Bonchev–Trinajstić information content (AvgIpc) is 2.89. The van der Waals surface area contributed by atoms with Crippen molar-refractivity contribution in [2.45, 2.75) is 6.42 Å². The predicted molar refractivity (Wildman–Crippen MR) is 82.8 cm³/mol. The molecule has 0 spiro atoms. The van der Waals surface area contributed by atoms with Crippen molar-refractivity contribution in [3.63, 3.8) is 0 Å². The summed E-state index contributed by atoms with van der Waals surface area (Å²) in [6, 6.07) is 0. The zero-order valence-electron chi connectivity index (χ0n) is 11.9. The molecule has 0 aliphatic carbocycles. The van der Waals surface area contributed by atoms with Gasteiger partial charge in [0.15, 0.2) is 0 Å². The average molecular weight is 310 g/mol. The number of nitrogens with one attached hydrogen (secondary N) is 1. The molecule has 1 saturated heterocycles. The number of aliphatic imine (C=N–C) groups is 1. The molecule has 1 N–H and O–H groups in total. The van der Waals surface area contributed by atoms with Crippen molar-refractivity contribution in [3.05, 3.63) is 26.4 Å². The van der Waals surface area contributed by atoms with Crippen LogP contribution in [0.4, 0.5) is 5.82 Å². The lowest BCUT2D eigenvalue weighted by Gasteiger charge is -2.26. The number of morpholine rings is 1. The van der Waals surface area contributed by atoms with E-state index in [4.69, 9.17) is 4.74 Å². The van der Waals surface area contributed by atoms with E-state index >= 15 is 0 Å². The lowest BCUT2D eigenvalue weighted by Crippen LogP contribution is -2.37. The van der Waals surface area contributed by atoms with Crippen molar-refractivity contribution in [2.24, 2.45) is 12.0 Å². The van der Waals surface area contributed by atoms with E-state index in [-0.39, 0.29) is 5.56 Å². The molecule has 3 rings (SSSR count). The van der Waals surface area contributed by atoms with Crippen molar-refractivity contribution in [1.29, 1.82) is 0 Å². The topological polar surface area (TPSA) is 79.7 Å². The van der Waals surface area contributed by atoms with Gasteiger partial charge in [-0.05, 0) is 0 Å². The molecule has 0 radical (unpaired) electrons. The summed E-state index contributed by atoms with van der Waals surface area (Å²) in [5, 5.41) is 0.900. The molecule has 0 atom stereocenters. The number of ether oxygens (including phenoxy) is 1. The molecule has 0 unspecified atom stereocenters. The van der Waals surface area contributed by atoms with Crippen LogP contribution in [0.5, 0.6) is 0 Å². The molecule has 1 aromatic rings. The summed E-state index contributed by atoms with van der Waals surface area (Å²) < 4.78 is 6.41. The second-order valence-electron chi connectivity index (χ2n) is 5.11. The van der Waals surface area contributed by atoms with Gasteiger partial charge in [0, 0.05) is 38.9 Å². The number of thioether (sulfide) groups is 1. The Morgan fingerprint density at radius 3 is 2.86 bits per heavy atom. The van der Waals surface area contributed by atoms with Gasteiger partial charge in [-0.25, -0.2) is 9.79 Å². The van der Waals surface area contributed by atoms with Crippen LogP contribution in [0, 0.1) is 0 Å². The first-order valence-corrected chi connectivity index (χ1v) is 7.96. The first kappa shape index (κ1) is 14.6. The largest absolute Gasteiger partial charge is 0.379 e. The van der Waals surface area contributed by atoms with Crippen LogP contribution in [-0.2, 0) is 18.2 Å². The Kier molecular flexibility index (Phi) is 4.27. The number of fused-ring (bicyclic) bond motifs is 1. The van der Waals surface area contributed by atoms with Crippen molar-refractivity contribution in [1.82, 2.24) is 14.5 Å². The zero-order chi connectivity index (χ0) is 14.8. The molecular weight excluding hydrogens is 292 g/mol. The molecule has 7 nitrogen and oxygen atoms in total. The minimum absolute atomic E-state index is 0.249. The van der Waals surface area contributed by atoms with Crippen molar-refractivity contribution in [3.8, 4) is 0 Å². The minimum atomic E-state index is -0.415. The van der Waals surface area contributed by atoms with Gasteiger partial charge in [0.1, 0.15) is 5.82 Å². The van der Waals surface area contributed by atoms with Crippen molar-refractivity contribution >= 4 is 22.6 Å². The Hall–Kier alpha value is -1.38. The van der Waals surface area contributed by atoms with Crippen LogP contribution in [0.25, 0.3) is 0 Å². The van der Waals surface area contributed by atoms with Crippen LogP contribution in [0.1, 0.15) is 5.56 Å². The molecule has 1 aromatic heterocycles. The summed E-state index contributed by atoms with van der Waals surface area (Å²) in [7, 11) is 1.48. The lowest BCUT2D eigenvalue weighted by molar-refractivity contribution is 0.0410. The Morgan fingerprint density at radius 1 is 1.33 bits per heavy atom. The van der Waals surface area contributed by atoms with Gasteiger partial charge in [0.25, 0.3) is 5.56 Å². The second kappa shape index (κ2) is 6.17. The zero-order valence-corrected chi connectivity index (χ0v) is 12.7. The first-order chi connectivity index (χ1) is 10.1. The van der Waals surface area contributed by atoms with Gasteiger partial charge in [0.05, 0.1) is 23.8 Å². The number of nitrogens with zero attached hydrogens (tertiary/aromatic N) is 3. The highest BCUT2D eigenvalue weighted by Crippen LogP contribution is 2.24. The maximum Gasteiger partial charge on any atom is 0.329 e. The highest BCUT2D eigenvalue weighted by Gasteiger charge is 2.21. The van der Waals surface area contributed by atoms with E-state index in [2.05, 4.69) is 14.9 Å². The van der Waals surface area contributed by atoms with Crippen molar-refractivity contribution in [2.75, 3.05) is 38.6 Å². The molecular formula is C13H18N4O3S. The molecule has 2 aliphatic rings. The molecule has 0 amide bonds. The smallest absolute Gasteiger partial charge is 0.329 e. The third-order valence-corrected chi connectivity index (χ3v) is 4.68. The summed E-state index contributed by atoms with van der Waals surface area (Å²) in [6.45, 7) is 4.53. The van der Waals surface area contributed by atoms with E-state index in [0.29, 0.717) is 17.8 Å². The van der Waals surface area contributed by atoms with Gasteiger partial charge in [-0.2, -0.15) is 0 Å². The Bertz CT molecular complexity index is 673. The lowest BCUT2D eigenvalue weighted by atomic mass is 10.2. The quantitative estimate of drug-likeness (QED) is 0.831. The highest BCUT2D eigenvalue weighted by molar-refractivity contribution is 8.14. The molecule has 0 saturated carbocycles. The van der Waals surface area contributed by atoms with Crippen LogP contribution >= 0.6 is 11.8 Å². The second-order valence-corrected chi connectivity index (χ2v) is 6.27. The molecule has 2 aliphatic heterocycles. The molecule has 3 heterocycles. The summed E-state index contributed by atoms with van der Waals surface area (Å²) in [6.07, 6.45) is 0.520. The van der Waals surface area contributed by atoms with E-state index in [0.717, 1.165) is 48.2 Å². The molecule has 21 heavy (non-hydrogen) atoms. The molecule has 0 bridgehead atoms. The minimum Gasteiger partial charge on any atom is -0.379 e. The van der Waals surface area contributed by atoms with E-state index in [9.17, 15) is 9.59 Å². The monoisotopic (exact) mass is 310 g/mol. The molecule has 8 heteroatoms. The summed E-state index contributed by atoms with van der Waals surface area (Å²) in [5.41, 5.74) is -0.0747. The molecule has 114 valence electrons. The van der Waals surface area contributed by atoms with Gasteiger partial charge in [-0.1, -0.05) is 0 Å². The first-order valence-electron chi connectivity index (χ1n) is 6.98. The predicted octanol–water partition coefficient (Wildman–Crippen LogP) is -0.275. The van der Waals surface area contributed by atoms with Crippen molar-refractivity contribution < 1.29 is 4.74 Å².